The molecule has 28 heavy (non-hydrogen) atoms. The van der Waals surface area contributed by atoms with Crippen LogP contribution in [0.1, 0.15) is 43.2 Å². The number of halogens is 1. The molecule has 0 saturated carbocycles. The van der Waals surface area contributed by atoms with Gasteiger partial charge in [0.15, 0.2) is 0 Å². The van der Waals surface area contributed by atoms with Crippen molar-refractivity contribution in [2.45, 2.75) is 38.1 Å². The highest BCUT2D eigenvalue weighted by Gasteiger charge is 2.40. The lowest BCUT2D eigenvalue weighted by atomic mass is 9.79. The minimum absolute atomic E-state index is 0.169. The molecule has 0 radical (unpaired) electrons. The number of aromatic nitrogens is 2. The van der Waals surface area contributed by atoms with E-state index in [1.807, 2.05) is 11.0 Å². The number of rotatable bonds is 2. The molecule has 4 rings (SSSR count). The van der Waals surface area contributed by atoms with Gasteiger partial charge < -0.3 is 10.2 Å². The molecule has 3 heterocycles. The van der Waals surface area contributed by atoms with E-state index in [0.29, 0.717) is 11.5 Å². The number of carbonyl (C=O) groups is 1. The van der Waals surface area contributed by atoms with Crippen LogP contribution in [-0.4, -0.2) is 28.5 Å². The Labute approximate surface area is 161 Å². The van der Waals surface area contributed by atoms with Crippen molar-refractivity contribution in [3.63, 3.8) is 0 Å². The maximum absolute atomic E-state index is 13.4. The first-order chi connectivity index (χ1) is 13.5. The van der Waals surface area contributed by atoms with Crippen molar-refractivity contribution in [1.29, 1.82) is 5.26 Å². The second-order valence-corrected chi connectivity index (χ2v) is 7.32. The van der Waals surface area contributed by atoms with E-state index in [1.165, 1.54) is 24.3 Å². The number of carbonyl (C=O) groups excluding carboxylic acids is 1. The SMILES string of the molecule is C[C@@H]1CCCCN1c1nc2c(c(=O)[nH]1)[C@H](c1ccc(F)cc1)[C@@H](C#N)C(=O)N2. The number of fused-ring (bicyclic) bond motifs is 1. The van der Waals surface area contributed by atoms with Crippen LogP contribution in [0.15, 0.2) is 29.1 Å². The Morgan fingerprint density at radius 2 is 2.00 bits per heavy atom. The third kappa shape index (κ3) is 3.03. The quantitative estimate of drug-likeness (QED) is 0.832. The second kappa shape index (κ2) is 7.08. The third-order valence-electron chi connectivity index (χ3n) is 5.55. The highest BCUT2D eigenvalue weighted by atomic mass is 19.1. The number of piperidine rings is 1. The molecule has 7 nitrogen and oxygen atoms in total. The van der Waals surface area contributed by atoms with Gasteiger partial charge in [0, 0.05) is 18.5 Å². The number of anilines is 2. The predicted molar refractivity (Wildman–Crippen MR) is 101 cm³/mol. The number of H-pyrrole nitrogens is 1. The lowest BCUT2D eigenvalue weighted by Gasteiger charge is -2.35. The van der Waals surface area contributed by atoms with Crippen molar-refractivity contribution in [2.24, 2.45) is 5.92 Å². The van der Waals surface area contributed by atoms with Crippen LogP contribution in [0.25, 0.3) is 0 Å². The van der Waals surface area contributed by atoms with E-state index in [9.17, 15) is 19.2 Å². The van der Waals surface area contributed by atoms with Gasteiger partial charge in [-0.1, -0.05) is 12.1 Å². The molecule has 144 valence electrons. The number of nitriles is 1. The number of benzene rings is 1. The fourth-order valence-electron chi connectivity index (χ4n) is 4.08. The van der Waals surface area contributed by atoms with Crippen molar-refractivity contribution in [1.82, 2.24) is 9.97 Å². The molecule has 2 aliphatic rings. The van der Waals surface area contributed by atoms with Crippen molar-refractivity contribution in [3.8, 4) is 6.07 Å². The molecule has 1 aromatic carbocycles. The molecule has 8 heteroatoms. The third-order valence-corrected chi connectivity index (χ3v) is 5.55. The zero-order valence-corrected chi connectivity index (χ0v) is 15.4. The Bertz CT molecular complexity index is 1010. The average Bonchev–Trinajstić information content (AvgIpc) is 2.68. The first kappa shape index (κ1) is 18.2. The van der Waals surface area contributed by atoms with Crippen LogP contribution in [0.3, 0.4) is 0 Å². The average molecular weight is 381 g/mol. The molecule has 2 N–H and O–H groups in total. The van der Waals surface area contributed by atoms with Gasteiger partial charge in [-0.2, -0.15) is 10.2 Å². The Hall–Kier alpha value is -3.21. The van der Waals surface area contributed by atoms with Crippen molar-refractivity contribution in [2.75, 3.05) is 16.8 Å². The number of aromatic amines is 1. The summed E-state index contributed by atoms with van der Waals surface area (Å²) in [5.74, 6) is -2.26. The summed E-state index contributed by atoms with van der Waals surface area (Å²) in [5.41, 5.74) is 0.356. The molecule has 1 aromatic heterocycles. The van der Waals surface area contributed by atoms with E-state index < -0.39 is 29.1 Å². The van der Waals surface area contributed by atoms with Gasteiger partial charge in [-0.15, -0.1) is 0 Å². The van der Waals surface area contributed by atoms with Gasteiger partial charge in [0.1, 0.15) is 17.6 Å². The highest BCUT2D eigenvalue weighted by Crippen LogP contribution is 2.38. The summed E-state index contributed by atoms with van der Waals surface area (Å²) in [4.78, 5) is 34.9. The van der Waals surface area contributed by atoms with E-state index >= 15 is 0 Å². The van der Waals surface area contributed by atoms with Gasteiger partial charge in [0.05, 0.1) is 11.6 Å². The Balaban J connectivity index is 1.84. The molecule has 2 aliphatic heterocycles. The summed E-state index contributed by atoms with van der Waals surface area (Å²) in [7, 11) is 0. The topological polar surface area (TPSA) is 102 Å². The summed E-state index contributed by atoms with van der Waals surface area (Å²) in [6.07, 6.45) is 3.13. The summed E-state index contributed by atoms with van der Waals surface area (Å²) in [6.45, 7) is 2.85. The minimum Gasteiger partial charge on any atom is -0.340 e. The van der Waals surface area contributed by atoms with Crippen molar-refractivity contribution < 1.29 is 9.18 Å². The Morgan fingerprint density at radius 3 is 2.68 bits per heavy atom. The molecule has 0 unspecified atom stereocenters. The van der Waals surface area contributed by atoms with E-state index in [-0.39, 0.29) is 17.4 Å². The van der Waals surface area contributed by atoms with Crippen LogP contribution in [-0.2, 0) is 4.79 Å². The number of nitrogens with one attached hydrogen (secondary N) is 2. The van der Waals surface area contributed by atoms with Gasteiger partial charge in [0.2, 0.25) is 11.9 Å². The van der Waals surface area contributed by atoms with Crippen LogP contribution >= 0.6 is 0 Å². The molecule has 0 bridgehead atoms. The van der Waals surface area contributed by atoms with E-state index in [0.717, 1.165) is 25.8 Å². The summed E-state index contributed by atoms with van der Waals surface area (Å²) < 4.78 is 13.4. The molecule has 1 fully saturated rings. The molecular weight excluding hydrogens is 361 g/mol. The summed E-state index contributed by atoms with van der Waals surface area (Å²) in [5, 5.41) is 12.1. The molecule has 0 aliphatic carbocycles. The van der Waals surface area contributed by atoms with Gasteiger partial charge in [-0.3, -0.25) is 14.6 Å². The van der Waals surface area contributed by atoms with E-state index in [1.54, 1.807) is 0 Å². The number of nitrogens with zero attached hydrogens (tertiary/aromatic N) is 3. The molecule has 1 amide bonds. The predicted octanol–water partition coefficient (Wildman–Crippen LogP) is 2.51. The Kier molecular flexibility index (Phi) is 4.59. The largest absolute Gasteiger partial charge is 0.340 e. The molecular formula is C20H20FN5O2. The van der Waals surface area contributed by atoms with Crippen LogP contribution < -0.4 is 15.8 Å². The maximum atomic E-state index is 13.4. The first-order valence-electron chi connectivity index (χ1n) is 9.36. The Morgan fingerprint density at radius 1 is 1.25 bits per heavy atom. The molecule has 1 saturated heterocycles. The zero-order valence-electron chi connectivity index (χ0n) is 15.4. The maximum Gasteiger partial charge on any atom is 0.258 e. The monoisotopic (exact) mass is 381 g/mol. The van der Waals surface area contributed by atoms with Gasteiger partial charge in [0.25, 0.3) is 5.56 Å². The molecule has 2 aromatic rings. The number of hydrogen-bond donors (Lipinski definition) is 2. The summed E-state index contributed by atoms with van der Waals surface area (Å²) >= 11 is 0. The normalized spacial score (nSPS) is 24.2. The lowest BCUT2D eigenvalue weighted by molar-refractivity contribution is -0.119. The van der Waals surface area contributed by atoms with Crippen LogP contribution in [0, 0.1) is 23.1 Å². The lowest BCUT2D eigenvalue weighted by Crippen LogP contribution is -2.42. The van der Waals surface area contributed by atoms with E-state index in [2.05, 4.69) is 22.2 Å². The van der Waals surface area contributed by atoms with Crippen LogP contribution in [0.2, 0.25) is 0 Å². The zero-order chi connectivity index (χ0) is 19.8. The van der Waals surface area contributed by atoms with Crippen LogP contribution in [0.4, 0.5) is 16.2 Å². The fourth-order valence-corrected chi connectivity index (χ4v) is 4.08. The van der Waals surface area contributed by atoms with Crippen molar-refractivity contribution in [3.05, 3.63) is 51.6 Å². The molecule has 3 atom stereocenters. The minimum atomic E-state index is -1.10. The smallest absolute Gasteiger partial charge is 0.258 e. The van der Waals surface area contributed by atoms with Gasteiger partial charge >= 0.3 is 0 Å². The first-order valence-corrected chi connectivity index (χ1v) is 9.36. The van der Waals surface area contributed by atoms with Crippen molar-refractivity contribution >= 4 is 17.7 Å². The fraction of sp³-hybridized carbons (Fsp3) is 0.400. The van der Waals surface area contributed by atoms with Crippen LogP contribution in [0.5, 0.6) is 0 Å². The summed E-state index contributed by atoms with van der Waals surface area (Å²) in [6, 6.07) is 7.69. The van der Waals surface area contributed by atoms with E-state index in [4.69, 9.17) is 0 Å². The van der Waals surface area contributed by atoms with Gasteiger partial charge in [-0.05, 0) is 43.9 Å². The molecule has 0 spiro atoms. The standard InChI is InChI=1S/C20H20FN5O2/c1-11-4-2-3-9-26(11)20-24-17-16(19(28)25-20)15(14(10-22)18(27)23-17)12-5-7-13(21)8-6-12/h5-8,11,14-15H,2-4,9H2,1H3,(H2,23,24,25,27,28)/t11-,14-,15-/m1/s1. The number of hydrogen-bond acceptors (Lipinski definition) is 5. The number of amides is 1. The van der Waals surface area contributed by atoms with Gasteiger partial charge in [-0.25, -0.2) is 4.39 Å². The second-order valence-electron chi connectivity index (χ2n) is 7.32. The highest BCUT2D eigenvalue weighted by molar-refractivity contribution is 5.97.